The molecule has 0 spiro atoms. The van der Waals surface area contributed by atoms with Crippen LogP contribution in [0.15, 0.2) is 42.6 Å². The lowest BCUT2D eigenvalue weighted by atomic mass is 9.96. The van der Waals surface area contributed by atoms with Crippen LogP contribution in [0.25, 0.3) is 11.1 Å². The van der Waals surface area contributed by atoms with E-state index in [1.165, 1.54) is 0 Å². The number of methoxy groups -OCH3 is 1. The predicted octanol–water partition coefficient (Wildman–Crippen LogP) is 2.25. The first-order chi connectivity index (χ1) is 11.6. The van der Waals surface area contributed by atoms with E-state index in [4.69, 9.17) is 10.5 Å². The lowest BCUT2D eigenvalue weighted by molar-refractivity contribution is 0.0162. The average Bonchev–Trinajstić information content (AvgIpc) is 2.62. The summed E-state index contributed by atoms with van der Waals surface area (Å²) in [5.41, 5.74) is 9.40. The highest BCUT2D eigenvalue weighted by molar-refractivity contribution is 6.01. The van der Waals surface area contributed by atoms with Crippen LogP contribution in [0.2, 0.25) is 0 Å². The number of pyridine rings is 1. The van der Waals surface area contributed by atoms with Gasteiger partial charge in [-0.2, -0.15) is 0 Å². The van der Waals surface area contributed by atoms with Gasteiger partial charge in [0, 0.05) is 32.4 Å². The third kappa shape index (κ3) is 3.18. The van der Waals surface area contributed by atoms with E-state index in [0.29, 0.717) is 18.7 Å². The third-order valence-corrected chi connectivity index (χ3v) is 4.64. The number of piperidine rings is 1. The molecule has 2 atom stereocenters. The number of aromatic nitrogens is 1. The smallest absolute Gasteiger partial charge is 0.256 e. The SMILES string of the molecule is CO[C@H]1CN(C(=O)c2c(-c3ccccc3)ccnc2C)CC[C@H]1N. The van der Waals surface area contributed by atoms with Gasteiger partial charge in [-0.25, -0.2) is 0 Å². The summed E-state index contributed by atoms with van der Waals surface area (Å²) >= 11 is 0. The summed E-state index contributed by atoms with van der Waals surface area (Å²) < 4.78 is 5.43. The number of likely N-dealkylation sites (tertiary alicyclic amines) is 1. The summed E-state index contributed by atoms with van der Waals surface area (Å²) in [6.45, 7) is 3.03. The highest BCUT2D eigenvalue weighted by Crippen LogP contribution is 2.27. The van der Waals surface area contributed by atoms with E-state index in [-0.39, 0.29) is 18.1 Å². The van der Waals surface area contributed by atoms with E-state index in [1.807, 2.05) is 48.2 Å². The minimum atomic E-state index is -0.125. The van der Waals surface area contributed by atoms with Crippen molar-refractivity contribution in [2.24, 2.45) is 5.73 Å². The molecule has 0 unspecified atom stereocenters. The first kappa shape index (κ1) is 16.6. The van der Waals surface area contributed by atoms with Gasteiger partial charge in [0.2, 0.25) is 0 Å². The van der Waals surface area contributed by atoms with E-state index in [1.54, 1.807) is 13.3 Å². The number of ether oxygens (including phenoxy) is 1. The average molecular weight is 325 g/mol. The van der Waals surface area contributed by atoms with Crippen molar-refractivity contribution >= 4 is 5.91 Å². The molecule has 2 aromatic rings. The Morgan fingerprint density at radius 1 is 1.29 bits per heavy atom. The first-order valence-electron chi connectivity index (χ1n) is 8.20. The first-order valence-corrected chi connectivity index (χ1v) is 8.20. The van der Waals surface area contributed by atoms with Crippen LogP contribution in [-0.4, -0.2) is 48.1 Å². The van der Waals surface area contributed by atoms with Gasteiger partial charge in [-0.3, -0.25) is 9.78 Å². The van der Waals surface area contributed by atoms with Gasteiger partial charge >= 0.3 is 0 Å². The van der Waals surface area contributed by atoms with E-state index >= 15 is 0 Å². The van der Waals surface area contributed by atoms with Crippen molar-refractivity contribution < 1.29 is 9.53 Å². The van der Waals surface area contributed by atoms with Crippen molar-refractivity contribution in [3.8, 4) is 11.1 Å². The summed E-state index contributed by atoms with van der Waals surface area (Å²) in [6.07, 6.45) is 2.36. The Balaban J connectivity index is 1.96. The molecule has 0 aliphatic carbocycles. The van der Waals surface area contributed by atoms with E-state index in [9.17, 15) is 4.79 Å². The van der Waals surface area contributed by atoms with Crippen molar-refractivity contribution in [3.05, 3.63) is 53.9 Å². The van der Waals surface area contributed by atoms with Crippen molar-refractivity contribution in [1.29, 1.82) is 0 Å². The zero-order valence-corrected chi connectivity index (χ0v) is 14.1. The second-order valence-electron chi connectivity index (χ2n) is 6.16. The molecule has 1 aliphatic heterocycles. The summed E-state index contributed by atoms with van der Waals surface area (Å²) in [4.78, 5) is 19.3. The molecule has 1 amide bonds. The van der Waals surface area contributed by atoms with Gasteiger partial charge in [-0.05, 0) is 30.5 Å². The van der Waals surface area contributed by atoms with Crippen molar-refractivity contribution in [2.45, 2.75) is 25.5 Å². The Morgan fingerprint density at radius 3 is 2.75 bits per heavy atom. The van der Waals surface area contributed by atoms with Gasteiger partial charge in [0.25, 0.3) is 5.91 Å². The maximum atomic E-state index is 13.2. The molecule has 1 fully saturated rings. The molecule has 0 bridgehead atoms. The number of aryl methyl sites for hydroxylation is 1. The highest BCUT2D eigenvalue weighted by Gasteiger charge is 2.31. The van der Waals surface area contributed by atoms with Crippen LogP contribution in [-0.2, 0) is 4.74 Å². The monoisotopic (exact) mass is 325 g/mol. The normalized spacial score (nSPS) is 20.9. The van der Waals surface area contributed by atoms with Crippen LogP contribution in [0.5, 0.6) is 0 Å². The fraction of sp³-hybridized carbons (Fsp3) is 0.368. The molecule has 0 radical (unpaired) electrons. The zero-order valence-electron chi connectivity index (χ0n) is 14.1. The van der Waals surface area contributed by atoms with E-state index in [0.717, 1.165) is 23.2 Å². The molecule has 0 saturated carbocycles. The molecule has 1 aromatic carbocycles. The Bertz CT molecular complexity index is 718. The van der Waals surface area contributed by atoms with Gasteiger partial charge in [0.1, 0.15) is 0 Å². The van der Waals surface area contributed by atoms with Crippen LogP contribution in [0.3, 0.4) is 0 Å². The molecular weight excluding hydrogens is 302 g/mol. The van der Waals surface area contributed by atoms with Crippen LogP contribution < -0.4 is 5.73 Å². The maximum Gasteiger partial charge on any atom is 0.256 e. The number of carbonyl (C=O) groups excluding carboxylic acids is 1. The summed E-state index contributed by atoms with van der Waals surface area (Å²) in [5, 5.41) is 0. The van der Waals surface area contributed by atoms with Crippen molar-refractivity contribution in [1.82, 2.24) is 9.88 Å². The molecule has 5 nitrogen and oxygen atoms in total. The molecule has 2 heterocycles. The van der Waals surface area contributed by atoms with Crippen LogP contribution in [0, 0.1) is 6.92 Å². The second kappa shape index (κ2) is 7.11. The molecule has 5 heteroatoms. The minimum Gasteiger partial charge on any atom is -0.378 e. The number of rotatable bonds is 3. The standard InChI is InChI=1S/C19H23N3O2/c1-13-18(15(8-10-21-13)14-6-4-3-5-7-14)19(23)22-11-9-16(20)17(12-22)24-2/h3-8,10,16-17H,9,11-12,20H2,1-2H3/t16-,17+/m1/s1. The van der Waals surface area contributed by atoms with Crippen molar-refractivity contribution in [3.63, 3.8) is 0 Å². The van der Waals surface area contributed by atoms with E-state index in [2.05, 4.69) is 4.98 Å². The fourth-order valence-electron chi connectivity index (χ4n) is 3.22. The number of benzene rings is 1. The number of carbonyl (C=O) groups is 1. The maximum absolute atomic E-state index is 13.2. The molecule has 126 valence electrons. The summed E-state index contributed by atoms with van der Waals surface area (Å²) in [6, 6.07) is 11.8. The summed E-state index contributed by atoms with van der Waals surface area (Å²) in [5.74, 6) is -0.00611. The Labute approximate surface area is 142 Å². The number of amides is 1. The lowest BCUT2D eigenvalue weighted by Gasteiger charge is -2.36. The highest BCUT2D eigenvalue weighted by atomic mass is 16.5. The Morgan fingerprint density at radius 2 is 2.04 bits per heavy atom. The predicted molar refractivity (Wildman–Crippen MR) is 93.7 cm³/mol. The fourth-order valence-corrected chi connectivity index (χ4v) is 3.22. The van der Waals surface area contributed by atoms with E-state index < -0.39 is 0 Å². The Kier molecular flexibility index (Phi) is 4.92. The van der Waals surface area contributed by atoms with Gasteiger partial charge < -0.3 is 15.4 Å². The van der Waals surface area contributed by atoms with Crippen LogP contribution in [0.1, 0.15) is 22.5 Å². The number of nitrogens with two attached hydrogens (primary N) is 1. The topological polar surface area (TPSA) is 68.5 Å². The Hall–Kier alpha value is -2.24. The number of hydrogen-bond acceptors (Lipinski definition) is 4. The quantitative estimate of drug-likeness (QED) is 0.940. The minimum absolute atomic E-state index is 0.00611. The van der Waals surface area contributed by atoms with Gasteiger partial charge in [0.15, 0.2) is 0 Å². The molecule has 1 aromatic heterocycles. The largest absolute Gasteiger partial charge is 0.378 e. The molecular formula is C19H23N3O2. The van der Waals surface area contributed by atoms with Crippen LogP contribution in [0.4, 0.5) is 0 Å². The van der Waals surface area contributed by atoms with Crippen LogP contribution >= 0.6 is 0 Å². The third-order valence-electron chi connectivity index (χ3n) is 4.64. The van der Waals surface area contributed by atoms with Gasteiger partial charge in [-0.15, -0.1) is 0 Å². The summed E-state index contributed by atoms with van der Waals surface area (Å²) in [7, 11) is 1.64. The van der Waals surface area contributed by atoms with Gasteiger partial charge in [0.05, 0.1) is 17.4 Å². The molecule has 3 rings (SSSR count). The zero-order chi connectivity index (χ0) is 17.1. The van der Waals surface area contributed by atoms with Crippen molar-refractivity contribution in [2.75, 3.05) is 20.2 Å². The lowest BCUT2D eigenvalue weighted by Crippen LogP contribution is -2.53. The molecule has 24 heavy (non-hydrogen) atoms. The molecule has 1 aliphatic rings. The number of nitrogens with zero attached hydrogens (tertiary/aromatic N) is 2. The molecule has 2 N–H and O–H groups in total. The second-order valence-corrected chi connectivity index (χ2v) is 6.16. The van der Waals surface area contributed by atoms with Gasteiger partial charge in [-0.1, -0.05) is 30.3 Å². The number of hydrogen-bond donors (Lipinski definition) is 1. The molecule has 1 saturated heterocycles.